The van der Waals surface area contributed by atoms with Gasteiger partial charge in [0.1, 0.15) is 5.75 Å². The van der Waals surface area contributed by atoms with Gasteiger partial charge in [-0.15, -0.1) is 10.2 Å². The standard InChI is InChI=1S/C22H20N6O4S/c1-32-19-8-3-2-5-15(19)11-12-23-21(29)14-33-22-25-24-20-10-9-18(26-27(20)22)16-6-4-7-17(13-16)28(30)31/h2-10,13H,11-12,14H2,1H3,(H,23,29). The molecule has 0 aliphatic carbocycles. The molecule has 1 N–H and O–H groups in total. The van der Waals surface area contributed by atoms with E-state index < -0.39 is 4.92 Å². The van der Waals surface area contributed by atoms with E-state index in [1.807, 2.05) is 24.3 Å². The predicted octanol–water partition coefficient (Wildman–Crippen LogP) is 3.16. The minimum absolute atomic E-state index is 0.0162. The molecule has 0 bridgehead atoms. The van der Waals surface area contributed by atoms with E-state index in [1.165, 1.54) is 28.4 Å². The van der Waals surface area contributed by atoms with Crippen LogP contribution in [0.2, 0.25) is 0 Å². The van der Waals surface area contributed by atoms with Crippen molar-refractivity contribution in [1.29, 1.82) is 0 Å². The zero-order valence-corrected chi connectivity index (χ0v) is 18.5. The lowest BCUT2D eigenvalue weighted by Gasteiger charge is -2.09. The van der Waals surface area contributed by atoms with Gasteiger partial charge in [0.15, 0.2) is 5.65 Å². The smallest absolute Gasteiger partial charge is 0.270 e. The van der Waals surface area contributed by atoms with Gasteiger partial charge in [-0.05, 0) is 30.2 Å². The van der Waals surface area contributed by atoms with Crippen LogP contribution in [-0.4, -0.2) is 50.0 Å². The fourth-order valence-corrected chi connectivity index (χ4v) is 3.94. The molecule has 33 heavy (non-hydrogen) atoms. The van der Waals surface area contributed by atoms with Gasteiger partial charge in [-0.3, -0.25) is 14.9 Å². The molecule has 2 aromatic heterocycles. The molecule has 0 radical (unpaired) electrons. The zero-order valence-electron chi connectivity index (χ0n) is 17.7. The molecule has 0 unspecified atom stereocenters. The summed E-state index contributed by atoms with van der Waals surface area (Å²) >= 11 is 1.21. The van der Waals surface area contributed by atoms with Crippen molar-refractivity contribution < 1.29 is 14.5 Å². The van der Waals surface area contributed by atoms with Crippen LogP contribution in [-0.2, 0) is 11.2 Å². The zero-order chi connectivity index (χ0) is 23.2. The van der Waals surface area contributed by atoms with E-state index in [0.29, 0.717) is 35.0 Å². The van der Waals surface area contributed by atoms with Gasteiger partial charge in [0.25, 0.3) is 5.69 Å². The van der Waals surface area contributed by atoms with Crippen LogP contribution >= 0.6 is 11.8 Å². The predicted molar refractivity (Wildman–Crippen MR) is 123 cm³/mol. The van der Waals surface area contributed by atoms with Crippen molar-refractivity contribution in [1.82, 2.24) is 25.1 Å². The van der Waals surface area contributed by atoms with Crippen molar-refractivity contribution >= 4 is 29.0 Å². The molecule has 0 saturated carbocycles. The Morgan fingerprint density at radius 1 is 1.15 bits per heavy atom. The van der Waals surface area contributed by atoms with Gasteiger partial charge < -0.3 is 10.1 Å². The summed E-state index contributed by atoms with van der Waals surface area (Å²) in [5.41, 5.74) is 2.66. The fraction of sp³-hybridized carbons (Fsp3) is 0.182. The number of nitro groups is 1. The summed E-state index contributed by atoms with van der Waals surface area (Å²) in [6.45, 7) is 0.482. The summed E-state index contributed by atoms with van der Waals surface area (Å²) < 4.78 is 6.85. The van der Waals surface area contributed by atoms with Crippen molar-refractivity contribution in [2.75, 3.05) is 19.4 Å². The Morgan fingerprint density at radius 3 is 2.82 bits per heavy atom. The highest BCUT2D eigenvalue weighted by Crippen LogP contribution is 2.24. The molecule has 0 aliphatic rings. The number of para-hydroxylation sites is 1. The van der Waals surface area contributed by atoms with Crippen molar-refractivity contribution in [3.05, 3.63) is 76.3 Å². The van der Waals surface area contributed by atoms with E-state index in [0.717, 1.165) is 11.3 Å². The number of thioether (sulfide) groups is 1. The largest absolute Gasteiger partial charge is 0.496 e. The van der Waals surface area contributed by atoms with Gasteiger partial charge in [-0.25, -0.2) is 0 Å². The van der Waals surface area contributed by atoms with Crippen molar-refractivity contribution in [2.24, 2.45) is 0 Å². The molecular weight excluding hydrogens is 444 g/mol. The van der Waals surface area contributed by atoms with E-state index in [-0.39, 0.29) is 17.3 Å². The number of nitrogens with one attached hydrogen (secondary N) is 1. The minimum atomic E-state index is -0.450. The minimum Gasteiger partial charge on any atom is -0.496 e. The number of carbonyl (C=O) groups is 1. The number of nitrogens with zero attached hydrogens (tertiary/aromatic N) is 5. The molecule has 11 heteroatoms. The molecule has 168 valence electrons. The van der Waals surface area contributed by atoms with E-state index in [9.17, 15) is 14.9 Å². The van der Waals surface area contributed by atoms with Gasteiger partial charge in [0, 0.05) is 24.2 Å². The van der Waals surface area contributed by atoms with Gasteiger partial charge in [0.05, 0.1) is 23.5 Å². The van der Waals surface area contributed by atoms with Gasteiger partial charge in [-0.1, -0.05) is 42.1 Å². The molecule has 0 saturated heterocycles. The van der Waals surface area contributed by atoms with E-state index in [4.69, 9.17) is 4.74 Å². The summed E-state index contributed by atoms with van der Waals surface area (Å²) in [5, 5.41) is 27.1. The molecule has 2 aromatic carbocycles. The average molecular weight is 465 g/mol. The first kappa shape index (κ1) is 22.2. The van der Waals surface area contributed by atoms with Crippen molar-refractivity contribution in [3.8, 4) is 17.0 Å². The summed E-state index contributed by atoms with van der Waals surface area (Å²) in [5.74, 6) is 0.804. The SMILES string of the molecule is COc1ccccc1CCNC(=O)CSc1nnc2ccc(-c3cccc([N+](=O)[O-])c3)nn12. The Labute approximate surface area is 193 Å². The maximum Gasteiger partial charge on any atom is 0.270 e. The maximum absolute atomic E-state index is 12.3. The Bertz CT molecular complexity index is 1310. The van der Waals surface area contributed by atoms with E-state index in [1.54, 1.807) is 31.4 Å². The molecule has 0 atom stereocenters. The highest BCUT2D eigenvalue weighted by atomic mass is 32.2. The quantitative estimate of drug-likeness (QED) is 0.228. The third-order valence-electron chi connectivity index (χ3n) is 4.83. The summed E-state index contributed by atoms with van der Waals surface area (Å²) in [6, 6.07) is 17.4. The molecule has 10 nitrogen and oxygen atoms in total. The lowest BCUT2D eigenvalue weighted by atomic mass is 10.1. The first-order chi connectivity index (χ1) is 16.0. The Balaban J connectivity index is 1.39. The maximum atomic E-state index is 12.3. The van der Waals surface area contributed by atoms with Crippen LogP contribution in [0.15, 0.2) is 65.8 Å². The molecule has 1 amide bonds. The van der Waals surface area contributed by atoms with E-state index >= 15 is 0 Å². The van der Waals surface area contributed by atoms with Gasteiger partial charge in [-0.2, -0.15) is 9.61 Å². The monoisotopic (exact) mass is 464 g/mol. The molecular formula is C22H20N6O4S. The number of amides is 1. The van der Waals surface area contributed by atoms with Gasteiger partial charge in [0.2, 0.25) is 11.1 Å². The van der Waals surface area contributed by atoms with Crippen molar-refractivity contribution in [2.45, 2.75) is 11.6 Å². The molecule has 0 aliphatic heterocycles. The fourth-order valence-electron chi connectivity index (χ4n) is 3.22. The van der Waals surface area contributed by atoms with E-state index in [2.05, 4.69) is 20.6 Å². The Morgan fingerprint density at radius 2 is 2.00 bits per heavy atom. The molecule has 4 rings (SSSR count). The molecule has 0 fully saturated rings. The summed E-state index contributed by atoms with van der Waals surface area (Å²) in [6.07, 6.45) is 0.655. The van der Waals surface area contributed by atoms with Crippen LogP contribution in [0.4, 0.5) is 5.69 Å². The number of methoxy groups -OCH3 is 1. The van der Waals surface area contributed by atoms with Crippen LogP contribution < -0.4 is 10.1 Å². The number of rotatable bonds is 9. The van der Waals surface area contributed by atoms with Crippen LogP contribution in [0.5, 0.6) is 5.75 Å². The number of hydrogen-bond acceptors (Lipinski definition) is 8. The summed E-state index contributed by atoms with van der Waals surface area (Å²) in [7, 11) is 1.62. The van der Waals surface area contributed by atoms with Crippen LogP contribution in [0.3, 0.4) is 0 Å². The Kier molecular flexibility index (Phi) is 6.79. The first-order valence-corrected chi connectivity index (χ1v) is 11.0. The number of hydrogen-bond donors (Lipinski definition) is 1. The summed E-state index contributed by atoms with van der Waals surface area (Å²) in [4.78, 5) is 22.9. The lowest BCUT2D eigenvalue weighted by molar-refractivity contribution is -0.384. The number of carbonyl (C=O) groups excluding carboxylic acids is 1. The number of non-ortho nitro benzene ring substituents is 1. The third kappa shape index (κ3) is 5.26. The van der Waals surface area contributed by atoms with Crippen LogP contribution in [0.1, 0.15) is 5.56 Å². The number of benzene rings is 2. The number of aromatic nitrogens is 4. The van der Waals surface area contributed by atoms with Crippen molar-refractivity contribution in [3.63, 3.8) is 0 Å². The highest BCUT2D eigenvalue weighted by molar-refractivity contribution is 7.99. The number of ether oxygens (including phenoxy) is 1. The second kappa shape index (κ2) is 10.1. The van der Waals surface area contributed by atoms with Gasteiger partial charge >= 0.3 is 0 Å². The second-order valence-electron chi connectivity index (χ2n) is 6.98. The molecule has 2 heterocycles. The Hall–Kier alpha value is -3.99. The second-order valence-corrected chi connectivity index (χ2v) is 7.92. The topological polar surface area (TPSA) is 125 Å². The average Bonchev–Trinajstić information content (AvgIpc) is 3.25. The number of fused-ring (bicyclic) bond motifs is 1. The number of nitro benzene ring substituents is 1. The lowest BCUT2D eigenvalue weighted by Crippen LogP contribution is -2.27. The molecule has 0 spiro atoms. The normalized spacial score (nSPS) is 10.8. The first-order valence-electron chi connectivity index (χ1n) is 10.0. The van der Waals surface area contributed by atoms with Crippen LogP contribution in [0, 0.1) is 10.1 Å². The third-order valence-corrected chi connectivity index (χ3v) is 5.75. The molecule has 4 aromatic rings. The van der Waals surface area contributed by atoms with Crippen LogP contribution in [0.25, 0.3) is 16.9 Å². The highest BCUT2D eigenvalue weighted by Gasteiger charge is 2.13.